The van der Waals surface area contributed by atoms with E-state index in [0.717, 1.165) is 29.1 Å². The van der Waals surface area contributed by atoms with E-state index in [1.165, 1.54) is 0 Å². The molecule has 1 amide bonds. The fourth-order valence-electron chi connectivity index (χ4n) is 2.68. The highest BCUT2D eigenvalue weighted by atomic mass is 35.5. The van der Waals surface area contributed by atoms with Gasteiger partial charge in [0.15, 0.2) is 6.21 Å². The molecular formula is C16H17ClN5OS+. The average molecular weight is 363 g/mol. The first-order valence-corrected chi connectivity index (χ1v) is 8.37. The van der Waals surface area contributed by atoms with Crippen molar-refractivity contribution in [2.45, 2.75) is 24.2 Å². The highest BCUT2D eigenvalue weighted by molar-refractivity contribution is 7.80. The van der Waals surface area contributed by atoms with Crippen LogP contribution in [-0.4, -0.2) is 28.6 Å². The Labute approximate surface area is 150 Å². The summed E-state index contributed by atoms with van der Waals surface area (Å²) in [7, 11) is 0. The first-order chi connectivity index (χ1) is 11.5. The van der Waals surface area contributed by atoms with Gasteiger partial charge in [0.2, 0.25) is 11.2 Å². The van der Waals surface area contributed by atoms with Gasteiger partial charge in [-0.3, -0.25) is 4.79 Å². The van der Waals surface area contributed by atoms with Crippen molar-refractivity contribution in [2.24, 2.45) is 0 Å². The lowest BCUT2D eigenvalue weighted by atomic mass is 9.94. The third-order valence-corrected chi connectivity index (χ3v) is 4.20. The summed E-state index contributed by atoms with van der Waals surface area (Å²) in [4.78, 5) is 24.7. The minimum atomic E-state index is -0.607. The molecule has 6 nitrogen and oxygen atoms in total. The van der Waals surface area contributed by atoms with Crippen LogP contribution in [-0.2, 0) is 4.79 Å². The Hall–Kier alpha value is -2.12. The molecule has 1 aliphatic heterocycles. The number of fused-ring (bicyclic) bond motifs is 1. The van der Waals surface area contributed by atoms with Crippen molar-refractivity contribution < 1.29 is 9.79 Å². The standard InChI is InChI=1S/C16H16ClN5OS/c1-2-5-19-7-10-13(21-16(17)22-14(10)18)12-9-6-8(24)3-4-11(9)20-15(12)23/h3-4,6-7,12,24H,2,5H2,1H3,(H,20,23)(H2,18,21,22)/p+1. The molecule has 2 aromatic rings. The van der Waals surface area contributed by atoms with Crippen molar-refractivity contribution in [1.82, 2.24) is 9.97 Å². The molecule has 4 N–H and O–H groups in total. The fraction of sp³-hybridized carbons (Fsp3) is 0.250. The number of carbonyl (C=O) groups excluding carboxylic acids is 1. The smallest absolute Gasteiger partial charge is 0.238 e. The van der Waals surface area contributed by atoms with Gasteiger partial charge in [0.1, 0.15) is 23.8 Å². The van der Waals surface area contributed by atoms with E-state index in [-0.39, 0.29) is 17.0 Å². The molecular weight excluding hydrogens is 346 g/mol. The van der Waals surface area contributed by atoms with Crippen LogP contribution in [0.5, 0.6) is 0 Å². The molecule has 0 fully saturated rings. The van der Waals surface area contributed by atoms with Gasteiger partial charge in [0.05, 0.1) is 5.69 Å². The van der Waals surface area contributed by atoms with Crippen LogP contribution in [0.2, 0.25) is 5.28 Å². The molecule has 24 heavy (non-hydrogen) atoms. The number of hydrogen-bond donors (Lipinski definition) is 4. The van der Waals surface area contributed by atoms with E-state index in [4.69, 9.17) is 17.3 Å². The van der Waals surface area contributed by atoms with Gasteiger partial charge in [-0.05, 0) is 35.4 Å². The van der Waals surface area contributed by atoms with Crippen molar-refractivity contribution in [3.05, 3.63) is 40.3 Å². The molecule has 1 atom stereocenters. The maximum Gasteiger partial charge on any atom is 0.238 e. The van der Waals surface area contributed by atoms with Gasteiger partial charge < -0.3 is 11.1 Å². The summed E-state index contributed by atoms with van der Waals surface area (Å²) >= 11 is 10.3. The molecule has 0 spiro atoms. The Morgan fingerprint density at radius 1 is 1.46 bits per heavy atom. The SMILES string of the molecule is CCC[NH+]=Cc1c(N)nc(Cl)nc1C1C(=O)Nc2ccc(S)cc21. The fourth-order valence-corrected chi connectivity index (χ4v) is 3.08. The van der Waals surface area contributed by atoms with Crippen molar-refractivity contribution in [3.8, 4) is 0 Å². The van der Waals surface area contributed by atoms with Crippen molar-refractivity contribution in [2.75, 3.05) is 17.6 Å². The van der Waals surface area contributed by atoms with Crippen LogP contribution in [0, 0.1) is 0 Å². The monoisotopic (exact) mass is 362 g/mol. The summed E-state index contributed by atoms with van der Waals surface area (Å²) in [5, 5.41) is 2.87. The van der Waals surface area contributed by atoms with Gasteiger partial charge in [0, 0.05) is 17.0 Å². The third kappa shape index (κ3) is 3.09. The highest BCUT2D eigenvalue weighted by Gasteiger charge is 2.36. The van der Waals surface area contributed by atoms with E-state index in [1.54, 1.807) is 6.21 Å². The van der Waals surface area contributed by atoms with E-state index >= 15 is 0 Å². The number of carbonyl (C=O) groups is 1. The summed E-state index contributed by atoms with van der Waals surface area (Å²) < 4.78 is 0. The molecule has 3 rings (SSSR count). The number of nitrogens with one attached hydrogen (secondary N) is 2. The van der Waals surface area contributed by atoms with Gasteiger partial charge in [-0.25, -0.2) is 15.0 Å². The first-order valence-electron chi connectivity index (χ1n) is 7.54. The second-order valence-corrected chi connectivity index (χ2v) is 6.32. The Morgan fingerprint density at radius 3 is 3.00 bits per heavy atom. The lowest BCUT2D eigenvalue weighted by molar-refractivity contribution is -0.451. The molecule has 2 heterocycles. The van der Waals surface area contributed by atoms with Gasteiger partial charge in [0.25, 0.3) is 0 Å². The Bertz CT molecular complexity index is 839. The van der Waals surface area contributed by atoms with Gasteiger partial charge in [-0.1, -0.05) is 6.92 Å². The molecule has 0 bridgehead atoms. The van der Waals surface area contributed by atoms with Gasteiger partial charge in [-0.15, -0.1) is 12.6 Å². The van der Waals surface area contributed by atoms with Crippen LogP contribution >= 0.6 is 24.2 Å². The molecule has 1 aromatic carbocycles. The van der Waals surface area contributed by atoms with Gasteiger partial charge in [-0.2, -0.15) is 0 Å². The third-order valence-electron chi connectivity index (χ3n) is 3.76. The van der Waals surface area contributed by atoms with Crippen molar-refractivity contribution in [1.29, 1.82) is 0 Å². The van der Waals surface area contributed by atoms with Gasteiger partial charge >= 0.3 is 0 Å². The maximum atomic E-state index is 12.5. The predicted octanol–water partition coefficient (Wildman–Crippen LogP) is 0.994. The Kier molecular flexibility index (Phi) is 4.73. The van der Waals surface area contributed by atoms with E-state index in [1.807, 2.05) is 18.2 Å². The second kappa shape index (κ2) is 6.78. The number of aromatic nitrogens is 2. The average Bonchev–Trinajstić information content (AvgIpc) is 2.84. The normalized spacial score (nSPS) is 16.5. The maximum absolute atomic E-state index is 12.5. The van der Waals surface area contributed by atoms with Crippen molar-refractivity contribution >= 4 is 47.9 Å². The van der Waals surface area contributed by atoms with E-state index in [2.05, 4.69) is 39.8 Å². The number of nitrogen functional groups attached to an aromatic ring is 1. The zero-order valence-electron chi connectivity index (χ0n) is 13.0. The number of nitrogens with zero attached hydrogens (tertiary/aromatic N) is 2. The largest absolute Gasteiger partial charge is 0.383 e. The molecule has 124 valence electrons. The van der Waals surface area contributed by atoms with Crippen LogP contribution in [0.1, 0.15) is 36.1 Å². The number of rotatable bonds is 4. The minimum Gasteiger partial charge on any atom is -0.383 e. The van der Waals surface area contributed by atoms with Crippen LogP contribution < -0.4 is 16.0 Å². The molecule has 1 aromatic heterocycles. The molecule has 8 heteroatoms. The molecule has 1 unspecified atom stereocenters. The lowest BCUT2D eigenvalue weighted by Crippen LogP contribution is -2.69. The number of hydrogen-bond acceptors (Lipinski definition) is 5. The first kappa shape index (κ1) is 16.7. The molecule has 1 aliphatic rings. The highest BCUT2D eigenvalue weighted by Crippen LogP contribution is 2.39. The number of benzene rings is 1. The summed E-state index contributed by atoms with van der Waals surface area (Å²) in [5.74, 6) is -0.551. The van der Waals surface area contributed by atoms with Crippen molar-refractivity contribution in [3.63, 3.8) is 0 Å². The van der Waals surface area contributed by atoms with E-state index in [9.17, 15) is 4.79 Å². The Morgan fingerprint density at radius 2 is 2.25 bits per heavy atom. The molecule has 0 radical (unpaired) electrons. The van der Waals surface area contributed by atoms with Crippen LogP contribution in [0.4, 0.5) is 11.5 Å². The Balaban J connectivity index is 2.16. The number of anilines is 2. The lowest BCUT2D eigenvalue weighted by Gasteiger charge is -2.12. The van der Waals surface area contributed by atoms with Crippen LogP contribution in [0.25, 0.3) is 0 Å². The summed E-state index contributed by atoms with van der Waals surface area (Å²) in [6.07, 6.45) is 2.69. The summed E-state index contributed by atoms with van der Waals surface area (Å²) in [6.45, 7) is 2.83. The number of nitrogens with two attached hydrogens (primary N) is 1. The second-order valence-electron chi connectivity index (χ2n) is 5.47. The van der Waals surface area contributed by atoms with Crippen LogP contribution in [0.3, 0.4) is 0 Å². The topological polar surface area (TPSA) is 94.9 Å². The summed E-state index contributed by atoms with van der Waals surface area (Å²) in [5.41, 5.74) is 8.60. The summed E-state index contributed by atoms with van der Waals surface area (Å²) in [6, 6.07) is 5.48. The zero-order valence-corrected chi connectivity index (χ0v) is 14.7. The minimum absolute atomic E-state index is 0.0124. The predicted molar refractivity (Wildman–Crippen MR) is 96.9 cm³/mol. The van der Waals surface area contributed by atoms with E-state index < -0.39 is 5.92 Å². The molecule has 0 saturated heterocycles. The molecule has 0 aliphatic carbocycles. The van der Waals surface area contributed by atoms with Crippen LogP contribution in [0.15, 0.2) is 23.1 Å². The number of halogens is 1. The zero-order chi connectivity index (χ0) is 17.3. The number of amides is 1. The quantitative estimate of drug-likeness (QED) is 0.370. The number of thiol groups is 1. The van der Waals surface area contributed by atoms with E-state index in [0.29, 0.717) is 11.3 Å². The molecule has 0 saturated carbocycles.